The van der Waals surface area contributed by atoms with Crippen molar-refractivity contribution in [3.63, 3.8) is 0 Å². The van der Waals surface area contributed by atoms with Crippen LogP contribution in [-0.4, -0.2) is 6.29 Å². The molecule has 2 rings (SSSR count). The minimum Gasteiger partial charge on any atom is -0.303 e. The molecule has 1 aliphatic carbocycles. The van der Waals surface area contributed by atoms with Crippen LogP contribution in [0, 0.1) is 5.82 Å². The molecule has 12 heavy (non-hydrogen) atoms. The molecule has 0 N–H and O–H groups in total. The third-order valence-corrected chi connectivity index (χ3v) is 2.39. The molecule has 0 aromatic heterocycles. The first-order valence-corrected chi connectivity index (χ1v) is 4.05. The van der Waals surface area contributed by atoms with Crippen molar-refractivity contribution in [2.75, 3.05) is 0 Å². The van der Waals surface area contributed by atoms with Crippen molar-refractivity contribution in [1.82, 2.24) is 0 Å². The van der Waals surface area contributed by atoms with Gasteiger partial charge in [0.2, 0.25) is 0 Å². The minimum atomic E-state index is -0.208. The van der Waals surface area contributed by atoms with Crippen LogP contribution in [0.15, 0.2) is 18.2 Å². The van der Waals surface area contributed by atoms with E-state index >= 15 is 0 Å². The molecule has 0 amide bonds. The fourth-order valence-corrected chi connectivity index (χ4v) is 1.76. The maximum absolute atomic E-state index is 12.7. The van der Waals surface area contributed by atoms with Crippen LogP contribution < -0.4 is 0 Å². The summed E-state index contributed by atoms with van der Waals surface area (Å²) in [5, 5.41) is 0. The highest BCUT2D eigenvalue weighted by Crippen LogP contribution is 2.31. The topological polar surface area (TPSA) is 17.1 Å². The lowest BCUT2D eigenvalue weighted by Crippen LogP contribution is -1.93. The Balaban J connectivity index is 2.47. The van der Waals surface area contributed by atoms with Gasteiger partial charge in [-0.15, -0.1) is 0 Å². The molecule has 0 unspecified atom stereocenters. The second-order valence-corrected chi connectivity index (χ2v) is 3.12. The number of benzene rings is 1. The van der Waals surface area contributed by atoms with Crippen molar-refractivity contribution in [1.29, 1.82) is 0 Å². The maximum Gasteiger partial charge on any atom is 0.127 e. The lowest BCUT2D eigenvalue weighted by atomic mass is 10.0. The first kappa shape index (κ1) is 7.47. The third-order valence-electron chi connectivity index (χ3n) is 2.39. The maximum atomic E-state index is 12.7. The van der Waals surface area contributed by atoms with E-state index in [1.54, 1.807) is 6.07 Å². The van der Waals surface area contributed by atoms with Gasteiger partial charge >= 0.3 is 0 Å². The Labute approximate surface area is 70.2 Å². The van der Waals surface area contributed by atoms with Gasteiger partial charge in [0.05, 0.1) is 0 Å². The summed E-state index contributed by atoms with van der Waals surface area (Å²) in [5.41, 5.74) is 2.00. The van der Waals surface area contributed by atoms with Gasteiger partial charge in [-0.3, -0.25) is 0 Å². The van der Waals surface area contributed by atoms with Gasteiger partial charge in [-0.05, 0) is 36.1 Å². The Hall–Kier alpha value is -1.18. The van der Waals surface area contributed by atoms with E-state index < -0.39 is 0 Å². The van der Waals surface area contributed by atoms with Gasteiger partial charge in [0.25, 0.3) is 0 Å². The van der Waals surface area contributed by atoms with Crippen LogP contribution in [0.2, 0.25) is 0 Å². The van der Waals surface area contributed by atoms with Gasteiger partial charge < -0.3 is 4.79 Å². The molecule has 0 bridgehead atoms. The molecule has 0 saturated heterocycles. The number of halogens is 1. The molecule has 1 aromatic rings. The summed E-state index contributed by atoms with van der Waals surface area (Å²) in [7, 11) is 0. The summed E-state index contributed by atoms with van der Waals surface area (Å²) in [4.78, 5) is 10.6. The van der Waals surface area contributed by atoms with Crippen molar-refractivity contribution in [2.24, 2.45) is 0 Å². The highest BCUT2D eigenvalue weighted by molar-refractivity contribution is 5.65. The smallest absolute Gasteiger partial charge is 0.127 e. The fraction of sp³-hybridized carbons (Fsp3) is 0.300. The zero-order chi connectivity index (χ0) is 8.55. The van der Waals surface area contributed by atoms with Gasteiger partial charge in [-0.25, -0.2) is 4.39 Å². The minimum absolute atomic E-state index is 0.000556. The van der Waals surface area contributed by atoms with E-state index in [1.807, 2.05) is 0 Å². The molecule has 2 heteroatoms. The number of fused-ring (bicyclic) bond motifs is 1. The number of aldehydes is 1. The molecule has 1 atom stereocenters. The average molecular weight is 164 g/mol. The predicted octanol–water partition coefficient (Wildman–Crippen LogP) is 2.05. The van der Waals surface area contributed by atoms with Gasteiger partial charge in [-0.2, -0.15) is 0 Å². The highest BCUT2D eigenvalue weighted by atomic mass is 19.1. The largest absolute Gasteiger partial charge is 0.303 e. The zero-order valence-electron chi connectivity index (χ0n) is 6.59. The van der Waals surface area contributed by atoms with E-state index in [0.29, 0.717) is 0 Å². The van der Waals surface area contributed by atoms with E-state index in [1.165, 1.54) is 12.1 Å². The summed E-state index contributed by atoms with van der Waals surface area (Å²) in [6.45, 7) is 0. The van der Waals surface area contributed by atoms with E-state index in [2.05, 4.69) is 0 Å². The van der Waals surface area contributed by atoms with Gasteiger partial charge in [0, 0.05) is 5.92 Å². The molecule has 1 nitrogen and oxygen atoms in total. The first-order valence-electron chi connectivity index (χ1n) is 4.05. The van der Waals surface area contributed by atoms with Crippen LogP contribution in [-0.2, 0) is 11.2 Å². The lowest BCUT2D eigenvalue weighted by molar-refractivity contribution is -0.109. The van der Waals surface area contributed by atoms with Crippen LogP contribution in [0.25, 0.3) is 0 Å². The van der Waals surface area contributed by atoms with Gasteiger partial charge in [0.15, 0.2) is 0 Å². The Morgan fingerprint density at radius 1 is 1.50 bits per heavy atom. The van der Waals surface area contributed by atoms with Crippen LogP contribution in [0.5, 0.6) is 0 Å². The zero-order valence-corrected chi connectivity index (χ0v) is 6.59. The van der Waals surface area contributed by atoms with Crippen LogP contribution in [0.1, 0.15) is 23.5 Å². The average Bonchev–Trinajstić information content (AvgIpc) is 2.46. The number of aryl methyl sites for hydroxylation is 1. The molecule has 1 aromatic carbocycles. The van der Waals surface area contributed by atoms with E-state index in [0.717, 1.165) is 30.3 Å². The molecule has 0 spiro atoms. The summed E-state index contributed by atoms with van der Waals surface area (Å²) in [5.74, 6) is -0.208. The van der Waals surface area contributed by atoms with Crippen molar-refractivity contribution >= 4 is 6.29 Å². The van der Waals surface area contributed by atoms with Crippen molar-refractivity contribution in [2.45, 2.75) is 18.8 Å². The van der Waals surface area contributed by atoms with Crippen molar-refractivity contribution < 1.29 is 9.18 Å². The molecule has 0 aliphatic heterocycles. The SMILES string of the molecule is O=C[C@H]1CCc2cc(F)ccc21. The summed E-state index contributed by atoms with van der Waals surface area (Å²) >= 11 is 0. The third kappa shape index (κ3) is 1.04. The molecule has 0 fully saturated rings. The van der Waals surface area contributed by atoms with E-state index in [4.69, 9.17) is 0 Å². The van der Waals surface area contributed by atoms with Crippen molar-refractivity contribution in [3.8, 4) is 0 Å². The summed E-state index contributed by atoms with van der Waals surface area (Å²) < 4.78 is 12.7. The Morgan fingerprint density at radius 2 is 2.33 bits per heavy atom. The normalized spacial score (nSPS) is 20.6. The first-order chi connectivity index (χ1) is 5.81. The number of carbonyl (C=O) groups excluding carboxylic acids is 1. The highest BCUT2D eigenvalue weighted by Gasteiger charge is 2.21. The number of carbonyl (C=O) groups is 1. The van der Waals surface area contributed by atoms with Gasteiger partial charge in [0.1, 0.15) is 12.1 Å². The fourth-order valence-electron chi connectivity index (χ4n) is 1.76. The predicted molar refractivity (Wildman–Crippen MR) is 43.5 cm³/mol. The Kier molecular flexibility index (Phi) is 1.68. The van der Waals surface area contributed by atoms with Crippen LogP contribution in [0.3, 0.4) is 0 Å². The van der Waals surface area contributed by atoms with Crippen LogP contribution in [0.4, 0.5) is 4.39 Å². The monoisotopic (exact) mass is 164 g/mol. The van der Waals surface area contributed by atoms with Gasteiger partial charge in [-0.1, -0.05) is 6.07 Å². The van der Waals surface area contributed by atoms with Crippen molar-refractivity contribution in [3.05, 3.63) is 35.1 Å². The molecule has 0 radical (unpaired) electrons. The summed E-state index contributed by atoms with van der Waals surface area (Å²) in [6.07, 6.45) is 2.61. The molecule has 1 aliphatic rings. The van der Waals surface area contributed by atoms with Crippen LogP contribution >= 0.6 is 0 Å². The number of rotatable bonds is 1. The quantitative estimate of drug-likeness (QED) is 0.580. The molecular weight excluding hydrogens is 155 g/mol. The standard InChI is InChI=1S/C10H9FO/c11-9-3-4-10-7(5-9)1-2-8(10)6-12/h3-6,8H,1-2H2/t8-/m1/s1. The summed E-state index contributed by atoms with van der Waals surface area (Å²) in [6, 6.07) is 4.66. The molecule has 0 saturated carbocycles. The second kappa shape index (κ2) is 2.70. The molecular formula is C10H9FO. The van der Waals surface area contributed by atoms with E-state index in [9.17, 15) is 9.18 Å². The molecule has 0 heterocycles. The molecule has 62 valence electrons. The lowest BCUT2D eigenvalue weighted by Gasteiger charge is -2.01. The van der Waals surface area contributed by atoms with E-state index in [-0.39, 0.29) is 11.7 Å². The Bertz CT molecular complexity index is 320. The number of hydrogen-bond acceptors (Lipinski definition) is 1. The Morgan fingerprint density at radius 3 is 3.08 bits per heavy atom. The second-order valence-electron chi connectivity index (χ2n) is 3.12. The number of hydrogen-bond donors (Lipinski definition) is 0.